The van der Waals surface area contributed by atoms with E-state index in [4.69, 9.17) is 9.84 Å². The summed E-state index contributed by atoms with van der Waals surface area (Å²) in [6.07, 6.45) is 3.31. The highest BCUT2D eigenvalue weighted by atomic mass is 16.5. The molecule has 3 rings (SSSR count). The summed E-state index contributed by atoms with van der Waals surface area (Å²) >= 11 is 0. The van der Waals surface area contributed by atoms with Crippen LogP contribution in [-0.4, -0.2) is 30.8 Å². The fourth-order valence-electron chi connectivity index (χ4n) is 3.46. The Hall–Kier alpha value is -1.71. The number of fused-ring (bicyclic) bond motifs is 3. The van der Waals surface area contributed by atoms with Crippen LogP contribution in [0.25, 0.3) is 0 Å². The molecule has 0 radical (unpaired) electrons. The monoisotopic (exact) mass is 275 g/mol. The van der Waals surface area contributed by atoms with Gasteiger partial charge in [0.1, 0.15) is 11.9 Å². The van der Waals surface area contributed by atoms with Gasteiger partial charge in [0.25, 0.3) is 0 Å². The summed E-state index contributed by atoms with van der Waals surface area (Å²) in [7, 11) is 2.08. The van der Waals surface area contributed by atoms with E-state index in [1.54, 1.807) is 0 Å². The van der Waals surface area contributed by atoms with Crippen molar-refractivity contribution in [2.75, 3.05) is 18.5 Å². The van der Waals surface area contributed by atoms with Crippen LogP contribution in [0.3, 0.4) is 0 Å². The van der Waals surface area contributed by atoms with E-state index in [0.717, 1.165) is 42.8 Å². The molecule has 4 heteroatoms. The van der Waals surface area contributed by atoms with Gasteiger partial charge in [0.05, 0.1) is 12.1 Å². The minimum atomic E-state index is -0.722. The molecular weight excluding hydrogens is 254 g/mol. The Morgan fingerprint density at radius 3 is 3.05 bits per heavy atom. The molecule has 1 N–H and O–H groups in total. The van der Waals surface area contributed by atoms with Crippen molar-refractivity contribution in [3.63, 3.8) is 0 Å². The van der Waals surface area contributed by atoms with Crippen LogP contribution in [0.5, 0.6) is 5.75 Å². The Morgan fingerprint density at radius 2 is 2.30 bits per heavy atom. The molecule has 0 saturated heterocycles. The van der Waals surface area contributed by atoms with Gasteiger partial charge in [0.2, 0.25) is 0 Å². The van der Waals surface area contributed by atoms with Crippen molar-refractivity contribution in [2.45, 2.75) is 44.6 Å². The van der Waals surface area contributed by atoms with Crippen LogP contribution in [0.1, 0.15) is 43.2 Å². The van der Waals surface area contributed by atoms with E-state index in [-0.39, 0.29) is 18.4 Å². The minimum Gasteiger partial charge on any atom is -0.488 e. The number of carbonyl (C=O) groups is 1. The minimum absolute atomic E-state index is 0.0947. The van der Waals surface area contributed by atoms with E-state index >= 15 is 0 Å². The van der Waals surface area contributed by atoms with Crippen molar-refractivity contribution in [1.82, 2.24) is 0 Å². The number of benzene rings is 1. The lowest BCUT2D eigenvalue weighted by atomic mass is 9.90. The Kier molecular flexibility index (Phi) is 3.32. The molecule has 0 fully saturated rings. The molecule has 0 bridgehead atoms. The molecule has 2 unspecified atom stereocenters. The fourth-order valence-corrected chi connectivity index (χ4v) is 3.46. The summed E-state index contributed by atoms with van der Waals surface area (Å²) in [5, 5.41) is 9.14. The molecule has 108 valence electrons. The predicted octanol–water partition coefficient (Wildman–Crippen LogP) is 2.80. The van der Waals surface area contributed by atoms with Gasteiger partial charge in [-0.2, -0.15) is 0 Å². The first-order valence-electron chi connectivity index (χ1n) is 7.31. The second-order valence-electron chi connectivity index (χ2n) is 5.98. The molecule has 0 aliphatic carbocycles. The molecule has 0 amide bonds. The number of aliphatic carboxylic acids is 1. The second kappa shape index (κ2) is 5.00. The van der Waals surface area contributed by atoms with E-state index in [1.807, 2.05) is 0 Å². The first-order valence-corrected chi connectivity index (χ1v) is 7.31. The number of hydrogen-bond acceptors (Lipinski definition) is 3. The first-order chi connectivity index (χ1) is 9.56. The Balaban J connectivity index is 2.07. The molecule has 0 saturated carbocycles. The van der Waals surface area contributed by atoms with Crippen LogP contribution in [0, 0.1) is 0 Å². The van der Waals surface area contributed by atoms with Gasteiger partial charge >= 0.3 is 5.97 Å². The van der Waals surface area contributed by atoms with Crippen molar-refractivity contribution >= 4 is 11.7 Å². The zero-order valence-electron chi connectivity index (χ0n) is 12.1. The smallest absolute Gasteiger partial charge is 0.303 e. The fraction of sp³-hybridized carbons (Fsp3) is 0.562. The van der Waals surface area contributed by atoms with Crippen molar-refractivity contribution in [3.05, 3.63) is 23.3 Å². The highest BCUT2D eigenvalue weighted by molar-refractivity contribution is 5.73. The van der Waals surface area contributed by atoms with Crippen molar-refractivity contribution < 1.29 is 14.6 Å². The highest BCUT2D eigenvalue weighted by Crippen LogP contribution is 2.46. The molecule has 0 aromatic heterocycles. The number of hydrogen-bond donors (Lipinski definition) is 1. The number of nitrogens with zero attached hydrogens (tertiary/aromatic N) is 1. The number of ether oxygens (including phenoxy) is 1. The van der Waals surface area contributed by atoms with Crippen LogP contribution in [0.2, 0.25) is 0 Å². The molecule has 4 nitrogen and oxygen atoms in total. The molecule has 2 heterocycles. The quantitative estimate of drug-likeness (QED) is 0.901. The maximum Gasteiger partial charge on any atom is 0.303 e. The maximum atomic E-state index is 11.1. The number of anilines is 1. The third kappa shape index (κ3) is 2.23. The van der Waals surface area contributed by atoms with E-state index < -0.39 is 5.97 Å². The van der Waals surface area contributed by atoms with Gasteiger partial charge in [-0.3, -0.25) is 4.79 Å². The van der Waals surface area contributed by atoms with E-state index in [0.29, 0.717) is 0 Å². The SMILES string of the molecule is CC1Cc2ccc3c(c2O1)N(C)CCCC3CC(=O)O. The van der Waals surface area contributed by atoms with Crippen LogP contribution in [0.4, 0.5) is 5.69 Å². The van der Waals surface area contributed by atoms with Gasteiger partial charge in [0.15, 0.2) is 0 Å². The summed E-state index contributed by atoms with van der Waals surface area (Å²) in [4.78, 5) is 13.3. The topological polar surface area (TPSA) is 49.8 Å². The molecule has 20 heavy (non-hydrogen) atoms. The standard InChI is InChI=1S/C16H21NO3/c1-10-8-12-5-6-13-11(9-14(18)19)4-3-7-17(2)15(13)16(12)20-10/h5-6,10-11H,3-4,7-9H2,1-2H3,(H,18,19). The van der Waals surface area contributed by atoms with Crippen LogP contribution < -0.4 is 9.64 Å². The second-order valence-corrected chi connectivity index (χ2v) is 5.98. The third-order valence-electron chi connectivity index (χ3n) is 4.36. The lowest BCUT2D eigenvalue weighted by Crippen LogP contribution is -2.19. The van der Waals surface area contributed by atoms with Crippen molar-refractivity contribution in [3.8, 4) is 5.75 Å². The summed E-state index contributed by atoms with van der Waals surface area (Å²) in [6, 6.07) is 4.23. The van der Waals surface area contributed by atoms with Crippen molar-refractivity contribution in [2.24, 2.45) is 0 Å². The Morgan fingerprint density at radius 1 is 1.50 bits per heavy atom. The summed E-state index contributed by atoms with van der Waals surface area (Å²) in [5.41, 5.74) is 3.51. The van der Waals surface area contributed by atoms with Crippen molar-refractivity contribution in [1.29, 1.82) is 0 Å². The number of rotatable bonds is 2. The van der Waals surface area contributed by atoms with Gasteiger partial charge in [-0.1, -0.05) is 12.1 Å². The summed E-state index contributed by atoms with van der Waals surface area (Å²) < 4.78 is 6.00. The van der Waals surface area contributed by atoms with Gasteiger partial charge in [-0.05, 0) is 36.8 Å². The maximum absolute atomic E-state index is 11.1. The largest absolute Gasteiger partial charge is 0.488 e. The number of carboxylic acid groups (broad SMARTS) is 1. The zero-order valence-corrected chi connectivity index (χ0v) is 12.1. The zero-order chi connectivity index (χ0) is 14.3. The Bertz CT molecular complexity index is 541. The predicted molar refractivity (Wildman–Crippen MR) is 77.7 cm³/mol. The van der Waals surface area contributed by atoms with Crippen LogP contribution >= 0.6 is 0 Å². The highest BCUT2D eigenvalue weighted by Gasteiger charge is 2.31. The van der Waals surface area contributed by atoms with Gasteiger partial charge in [0, 0.05) is 20.0 Å². The van der Waals surface area contributed by atoms with E-state index in [1.165, 1.54) is 5.56 Å². The van der Waals surface area contributed by atoms with E-state index in [9.17, 15) is 4.79 Å². The van der Waals surface area contributed by atoms with Gasteiger partial charge in [-0.25, -0.2) is 0 Å². The Labute approximate surface area is 119 Å². The third-order valence-corrected chi connectivity index (χ3v) is 4.36. The lowest BCUT2D eigenvalue weighted by molar-refractivity contribution is -0.137. The lowest BCUT2D eigenvalue weighted by Gasteiger charge is -2.24. The van der Waals surface area contributed by atoms with Gasteiger partial charge < -0.3 is 14.7 Å². The number of carboxylic acids is 1. The molecule has 1 aromatic carbocycles. The van der Waals surface area contributed by atoms with Crippen LogP contribution in [0.15, 0.2) is 12.1 Å². The molecule has 2 aliphatic heterocycles. The molecule has 0 spiro atoms. The van der Waals surface area contributed by atoms with Crippen LogP contribution in [-0.2, 0) is 11.2 Å². The normalized spacial score (nSPS) is 24.6. The average molecular weight is 275 g/mol. The molecule has 1 aromatic rings. The average Bonchev–Trinajstić information content (AvgIpc) is 2.68. The molecule has 2 atom stereocenters. The summed E-state index contributed by atoms with van der Waals surface area (Å²) in [6.45, 7) is 3.04. The molecule has 2 aliphatic rings. The first kappa shape index (κ1) is 13.3. The summed E-state index contributed by atoms with van der Waals surface area (Å²) in [5.74, 6) is 0.354. The molecular formula is C16H21NO3. The van der Waals surface area contributed by atoms with Gasteiger partial charge in [-0.15, -0.1) is 0 Å². The van der Waals surface area contributed by atoms with E-state index in [2.05, 4.69) is 31.0 Å².